The summed E-state index contributed by atoms with van der Waals surface area (Å²) < 4.78 is 1.83. The minimum Gasteiger partial charge on any atom is -0.316 e. The van der Waals surface area contributed by atoms with E-state index in [1.54, 1.807) is 6.20 Å². The average molecular weight is 243 g/mol. The second-order valence-corrected chi connectivity index (χ2v) is 4.68. The van der Waals surface area contributed by atoms with Crippen LogP contribution in [0.2, 0.25) is 0 Å². The first kappa shape index (κ1) is 11.3. The highest BCUT2D eigenvalue weighted by molar-refractivity contribution is 5.48. The number of hydrogen-bond acceptors (Lipinski definition) is 4. The van der Waals surface area contributed by atoms with E-state index in [4.69, 9.17) is 0 Å². The summed E-state index contributed by atoms with van der Waals surface area (Å²) in [5, 5.41) is 7.93. The summed E-state index contributed by atoms with van der Waals surface area (Å²) in [4.78, 5) is 8.98. The number of nitrogens with zero attached hydrogens (tertiary/aromatic N) is 4. The number of hydrogen-bond donors (Lipinski definition) is 1. The first-order chi connectivity index (χ1) is 8.84. The Balaban J connectivity index is 1.91. The number of aryl methyl sites for hydroxylation is 1. The van der Waals surface area contributed by atoms with Gasteiger partial charge in [-0.1, -0.05) is 6.07 Å². The molecular formula is C13H17N5. The van der Waals surface area contributed by atoms with Gasteiger partial charge in [-0.2, -0.15) is 5.10 Å². The first-order valence-electron chi connectivity index (χ1n) is 6.37. The van der Waals surface area contributed by atoms with Gasteiger partial charge in [-0.25, -0.2) is 9.67 Å². The monoisotopic (exact) mass is 243 g/mol. The molecule has 1 aliphatic heterocycles. The van der Waals surface area contributed by atoms with Crippen LogP contribution in [0, 0.1) is 0 Å². The van der Waals surface area contributed by atoms with Gasteiger partial charge in [0, 0.05) is 25.7 Å². The molecule has 5 heteroatoms. The zero-order chi connectivity index (χ0) is 12.4. The molecular weight excluding hydrogens is 226 g/mol. The Morgan fingerprint density at radius 3 is 3.06 bits per heavy atom. The molecule has 0 radical (unpaired) electrons. The highest BCUT2D eigenvalue weighted by Gasteiger charge is 2.21. The van der Waals surface area contributed by atoms with Crippen LogP contribution in [0.15, 0.2) is 24.4 Å². The second-order valence-electron chi connectivity index (χ2n) is 4.68. The molecule has 5 nitrogen and oxygen atoms in total. The molecule has 0 saturated carbocycles. The zero-order valence-corrected chi connectivity index (χ0v) is 10.5. The third-order valence-electron chi connectivity index (χ3n) is 3.34. The van der Waals surface area contributed by atoms with E-state index in [1.165, 1.54) is 12.8 Å². The average Bonchev–Trinajstić information content (AvgIpc) is 2.83. The zero-order valence-electron chi connectivity index (χ0n) is 10.5. The van der Waals surface area contributed by atoms with Crippen molar-refractivity contribution in [2.45, 2.75) is 18.8 Å². The van der Waals surface area contributed by atoms with Crippen LogP contribution in [-0.2, 0) is 7.05 Å². The van der Waals surface area contributed by atoms with Gasteiger partial charge in [0.05, 0.1) is 0 Å². The summed E-state index contributed by atoms with van der Waals surface area (Å²) >= 11 is 0. The van der Waals surface area contributed by atoms with Gasteiger partial charge in [-0.15, -0.1) is 0 Å². The summed E-state index contributed by atoms with van der Waals surface area (Å²) in [5.74, 6) is 2.21. The Hall–Kier alpha value is -1.75. The van der Waals surface area contributed by atoms with Gasteiger partial charge >= 0.3 is 0 Å². The van der Waals surface area contributed by atoms with Crippen LogP contribution in [0.5, 0.6) is 0 Å². The fourth-order valence-corrected chi connectivity index (χ4v) is 2.37. The lowest BCUT2D eigenvalue weighted by Gasteiger charge is -2.19. The minimum absolute atomic E-state index is 0.433. The minimum atomic E-state index is 0.433. The van der Waals surface area contributed by atoms with Gasteiger partial charge in [-0.05, 0) is 31.5 Å². The van der Waals surface area contributed by atoms with E-state index < -0.39 is 0 Å². The van der Waals surface area contributed by atoms with E-state index in [2.05, 4.69) is 20.4 Å². The molecule has 0 aliphatic carbocycles. The van der Waals surface area contributed by atoms with E-state index >= 15 is 0 Å². The van der Waals surface area contributed by atoms with Crippen LogP contribution in [-0.4, -0.2) is 32.8 Å². The Morgan fingerprint density at radius 2 is 2.33 bits per heavy atom. The predicted octanol–water partition coefficient (Wildman–Crippen LogP) is 1.34. The lowest BCUT2D eigenvalue weighted by molar-refractivity contribution is 0.445. The number of rotatable bonds is 2. The first-order valence-corrected chi connectivity index (χ1v) is 6.37. The maximum Gasteiger partial charge on any atom is 0.176 e. The number of nitrogens with one attached hydrogen (secondary N) is 1. The Bertz CT molecular complexity index is 513. The molecule has 0 spiro atoms. The lowest BCUT2D eigenvalue weighted by Crippen LogP contribution is -2.29. The normalized spacial score (nSPS) is 19.9. The quantitative estimate of drug-likeness (QED) is 0.865. The van der Waals surface area contributed by atoms with Crippen molar-refractivity contribution in [3.05, 3.63) is 30.2 Å². The highest BCUT2D eigenvalue weighted by atomic mass is 15.3. The number of aromatic nitrogens is 4. The van der Waals surface area contributed by atoms with Crippen LogP contribution < -0.4 is 5.32 Å². The molecule has 1 unspecified atom stereocenters. The molecule has 1 fully saturated rings. The molecule has 1 aliphatic rings. The fourth-order valence-electron chi connectivity index (χ4n) is 2.37. The van der Waals surface area contributed by atoms with Gasteiger partial charge in [0.1, 0.15) is 5.69 Å². The molecule has 0 bridgehead atoms. The van der Waals surface area contributed by atoms with Gasteiger partial charge in [0.2, 0.25) is 0 Å². The number of piperidine rings is 1. The molecule has 1 saturated heterocycles. The van der Waals surface area contributed by atoms with Gasteiger partial charge in [0.15, 0.2) is 11.6 Å². The van der Waals surface area contributed by atoms with Crippen LogP contribution >= 0.6 is 0 Å². The van der Waals surface area contributed by atoms with Crippen LogP contribution in [0.25, 0.3) is 11.5 Å². The van der Waals surface area contributed by atoms with Crippen LogP contribution in [0.4, 0.5) is 0 Å². The summed E-state index contributed by atoms with van der Waals surface area (Å²) in [6.45, 7) is 2.09. The highest BCUT2D eigenvalue weighted by Crippen LogP contribution is 2.22. The van der Waals surface area contributed by atoms with Crippen molar-refractivity contribution in [1.82, 2.24) is 25.1 Å². The van der Waals surface area contributed by atoms with E-state index in [1.807, 2.05) is 29.9 Å². The number of pyridine rings is 1. The molecule has 0 aromatic carbocycles. The third-order valence-corrected chi connectivity index (χ3v) is 3.34. The van der Waals surface area contributed by atoms with E-state index in [0.29, 0.717) is 5.92 Å². The summed E-state index contributed by atoms with van der Waals surface area (Å²) in [7, 11) is 1.93. The third kappa shape index (κ3) is 2.13. The topological polar surface area (TPSA) is 55.6 Å². The maximum absolute atomic E-state index is 4.65. The smallest absolute Gasteiger partial charge is 0.176 e. The lowest BCUT2D eigenvalue weighted by atomic mass is 9.99. The van der Waals surface area contributed by atoms with Gasteiger partial charge in [-0.3, -0.25) is 4.98 Å². The maximum atomic E-state index is 4.65. The SMILES string of the molecule is Cn1nc(C2CCCNC2)nc1-c1ccccn1. The van der Waals surface area contributed by atoms with Gasteiger partial charge < -0.3 is 5.32 Å². The molecule has 2 aromatic rings. The summed E-state index contributed by atoms with van der Waals surface area (Å²) in [6, 6.07) is 5.84. The van der Waals surface area contributed by atoms with Crippen molar-refractivity contribution >= 4 is 0 Å². The largest absolute Gasteiger partial charge is 0.316 e. The fraction of sp³-hybridized carbons (Fsp3) is 0.462. The van der Waals surface area contributed by atoms with Crippen molar-refractivity contribution in [2.75, 3.05) is 13.1 Å². The standard InChI is InChI=1S/C13H17N5/c1-18-13(11-6-2-3-8-15-11)16-12(17-18)10-5-4-7-14-9-10/h2-3,6,8,10,14H,4-5,7,9H2,1H3. The van der Waals surface area contributed by atoms with Crippen molar-refractivity contribution in [2.24, 2.45) is 7.05 Å². The molecule has 1 atom stereocenters. The van der Waals surface area contributed by atoms with E-state index in [0.717, 1.165) is 30.4 Å². The van der Waals surface area contributed by atoms with Crippen LogP contribution in [0.1, 0.15) is 24.6 Å². The summed E-state index contributed by atoms with van der Waals surface area (Å²) in [5.41, 5.74) is 0.877. The van der Waals surface area contributed by atoms with Crippen LogP contribution in [0.3, 0.4) is 0 Å². The molecule has 94 valence electrons. The second kappa shape index (κ2) is 4.86. The van der Waals surface area contributed by atoms with E-state index in [9.17, 15) is 0 Å². The molecule has 0 amide bonds. The van der Waals surface area contributed by atoms with Crippen molar-refractivity contribution < 1.29 is 0 Å². The van der Waals surface area contributed by atoms with Crippen molar-refractivity contribution in [1.29, 1.82) is 0 Å². The molecule has 1 N–H and O–H groups in total. The molecule has 3 heterocycles. The Kier molecular flexibility index (Phi) is 3.06. The molecule has 3 rings (SSSR count). The molecule has 2 aromatic heterocycles. The Labute approximate surface area is 106 Å². The van der Waals surface area contributed by atoms with Crippen molar-refractivity contribution in [3.8, 4) is 11.5 Å². The van der Waals surface area contributed by atoms with Crippen molar-refractivity contribution in [3.63, 3.8) is 0 Å². The molecule has 18 heavy (non-hydrogen) atoms. The van der Waals surface area contributed by atoms with E-state index in [-0.39, 0.29) is 0 Å². The Morgan fingerprint density at radius 1 is 1.39 bits per heavy atom. The summed E-state index contributed by atoms with van der Waals surface area (Å²) in [6.07, 6.45) is 4.15. The predicted molar refractivity (Wildman–Crippen MR) is 69.1 cm³/mol. The van der Waals surface area contributed by atoms with Gasteiger partial charge in [0.25, 0.3) is 0 Å².